The van der Waals surface area contributed by atoms with E-state index in [4.69, 9.17) is 4.74 Å². The molecule has 3 heteroatoms. The summed E-state index contributed by atoms with van der Waals surface area (Å²) < 4.78 is 5.92. The van der Waals surface area contributed by atoms with E-state index in [2.05, 4.69) is 49.3 Å². The van der Waals surface area contributed by atoms with E-state index in [0.29, 0.717) is 18.4 Å². The van der Waals surface area contributed by atoms with E-state index in [-0.39, 0.29) is 0 Å². The Hall–Kier alpha value is -2.03. The number of nitrogens with one attached hydrogen (secondary N) is 1. The highest BCUT2D eigenvalue weighted by Gasteiger charge is 2.08. The molecule has 0 atom stereocenters. The van der Waals surface area contributed by atoms with Gasteiger partial charge in [0.15, 0.2) is 0 Å². The highest BCUT2D eigenvalue weighted by Crippen LogP contribution is 2.23. The van der Waals surface area contributed by atoms with Crippen molar-refractivity contribution in [2.24, 2.45) is 0 Å². The largest absolute Gasteiger partial charge is 0.473 e. The maximum atomic E-state index is 5.92. The number of anilines is 1. The van der Waals surface area contributed by atoms with Crippen molar-refractivity contribution in [2.45, 2.75) is 39.7 Å². The number of nitrogens with zero attached hydrogens (tertiary/aromatic N) is 1. The second kappa shape index (κ2) is 7.11. The lowest BCUT2D eigenvalue weighted by molar-refractivity contribution is 0.292. The summed E-state index contributed by atoms with van der Waals surface area (Å²) in [4.78, 5) is 4.56. The Balaban J connectivity index is 2.18. The smallest absolute Gasteiger partial charge is 0.213 e. The van der Waals surface area contributed by atoms with E-state index in [1.807, 2.05) is 25.2 Å². The molecule has 0 spiro atoms. The van der Waals surface area contributed by atoms with Crippen LogP contribution in [-0.4, -0.2) is 12.0 Å². The average Bonchev–Trinajstić information content (AvgIpc) is 2.52. The van der Waals surface area contributed by atoms with E-state index < -0.39 is 0 Å². The molecule has 0 saturated heterocycles. The van der Waals surface area contributed by atoms with E-state index in [1.165, 1.54) is 11.1 Å². The van der Waals surface area contributed by atoms with Crippen LogP contribution >= 0.6 is 0 Å². The van der Waals surface area contributed by atoms with Gasteiger partial charge in [0.25, 0.3) is 0 Å². The number of hydrogen-bond acceptors (Lipinski definition) is 3. The van der Waals surface area contributed by atoms with Gasteiger partial charge in [0.1, 0.15) is 6.61 Å². The molecular formula is C18H24N2O. The second-order valence-corrected chi connectivity index (χ2v) is 5.39. The number of aryl methyl sites for hydroxylation is 1. The number of hydrogen-bond donors (Lipinski definition) is 1. The molecule has 0 amide bonds. The van der Waals surface area contributed by atoms with Crippen molar-refractivity contribution in [3.05, 3.63) is 53.2 Å². The minimum atomic E-state index is 0.407. The summed E-state index contributed by atoms with van der Waals surface area (Å²) in [6, 6.07) is 12.3. The molecule has 21 heavy (non-hydrogen) atoms. The molecule has 1 aromatic heterocycles. The minimum Gasteiger partial charge on any atom is -0.473 e. The highest BCUT2D eigenvalue weighted by atomic mass is 16.5. The quantitative estimate of drug-likeness (QED) is 0.854. The first kappa shape index (κ1) is 15.4. The third-order valence-corrected chi connectivity index (χ3v) is 3.62. The monoisotopic (exact) mass is 284 g/mol. The van der Waals surface area contributed by atoms with Crippen LogP contribution in [0.25, 0.3) is 0 Å². The molecule has 0 bridgehead atoms. The van der Waals surface area contributed by atoms with Gasteiger partial charge in [-0.3, -0.25) is 0 Å². The Kier molecular flexibility index (Phi) is 5.20. The van der Waals surface area contributed by atoms with Crippen LogP contribution in [0.2, 0.25) is 0 Å². The molecule has 0 unspecified atom stereocenters. The molecule has 2 aromatic rings. The zero-order chi connectivity index (χ0) is 15.2. The number of aromatic nitrogens is 1. The first-order valence-electron chi connectivity index (χ1n) is 7.54. The summed E-state index contributed by atoms with van der Waals surface area (Å²) >= 11 is 0. The number of rotatable bonds is 6. The van der Waals surface area contributed by atoms with Crippen LogP contribution in [0.3, 0.4) is 0 Å². The molecule has 0 fully saturated rings. The van der Waals surface area contributed by atoms with Crippen LogP contribution in [-0.2, 0) is 13.0 Å². The first-order valence-corrected chi connectivity index (χ1v) is 7.54. The van der Waals surface area contributed by atoms with Crippen LogP contribution in [0.4, 0.5) is 5.69 Å². The van der Waals surface area contributed by atoms with Crippen LogP contribution < -0.4 is 10.1 Å². The molecule has 0 radical (unpaired) electrons. The van der Waals surface area contributed by atoms with Crippen molar-refractivity contribution in [2.75, 3.05) is 12.4 Å². The van der Waals surface area contributed by atoms with Gasteiger partial charge in [-0.1, -0.05) is 39.0 Å². The van der Waals surface area contributed by atoms with Crippen LogP contribution in [0.1, 0.15) is 43.5 Å². The topological polar surface area (TPSA) is 34.1 Å². The van der Waals surface area contributed by atoms with Gasteiger partial charge in [-0.2, -0.15) is 0 Å². The van der Waals surface area contributed by atoms with Crippen molar-refractivity contribution in [3.8, 4) is 5.88 Å². The van der Waals surface area contributed by atoms with Crippen molar-refractivity contribution in [1.82, 2.24) is 4.98 Å². The Morgan fingerprint density at radius 1 is 1.14 bits per heavy atom. The molecule has 1 heterocycles. The lowest BCUT2D eigenvalue weighted by Gasteiger charge is -2.15. The highest BCUT2D eigenvalue weighted by molar-refractivity contribution is 5.54. The van der Waals surface area contributed by atoms with Gasteiger partial charge < -0.3 is 10.1 Å². The summed E-state index contributed by atoms with van der Waals surface area (Å²) in [5.74, 6) is 1.10. The normalized spacial score (nSPS) is 10.7. The van der Waals surface area contributed by atoms with Gasteiger partial charge in [-0.05, 0) is 30.0 Å². The van der Waals surface area contributed by atoms with Crippen LogP contribution in [0, 0.1) is 0 Å². The standard InChI is InChI=1S/C18H24N2O/c1-5-14-8-6-10-17(19-4)15(14)12-21-18-11-7-9-16(20-18)13(2)3/h6-11,13,19H,5,12H2,1-4H3. The lowest BCUT2D eigenvalue weighted by atomic mass is 10.0. The number of benzene rings is 1. The second-order valence-electron chi connectivity index (χ2n) is 5.39. The summed E-state index contributed by atoms with van der Waals surface area (Å²) in [6.45, 7) is 6.97. The molecule has 0 aliphatic heterocycles. The molecule has 1 aromatic carbocycles. The molecule has 0 aliphatic carbocycles. The predicted molar refractivity (Wildman–Crippen MR) is 88.0 cm³/mol. The Labute approximate surface area is 127 Å². The summed E-state index contributed by atoms with van der Waals surface area (Å²) in [5, 5.41) is 3.24. The Bertz CT molecular complexity index is 571. The predicted octanol–water partition coefficient (Wildman–Crippen LogP) is 4.39. The van der Waals surface area contributed by atoms with Crippen molar-refractivity contribution in [1.29, 1.82) is 0 Å². The fourth-order valence-corrected chi connectivity index (χ4v) is 2.35. The van der Waals surface area contributed by atoms with E-state index >= 15 is 0 Å². The van der Waals surface area contributed by atoms with Gasteiger partial charge in [-0.15, -0.1) is 0 Å². The molecular weight excluding hydrogens is 260 g/mol. The average molecular weight is 284 g/mol. The van der Waals surface area contributed by atoms with Gasteiger partial charge in [0.2, 0.25) is 5.88 Å². The van der Waals surface area contributed by atoms with E-state index in [9.17, 15) is 0 Å². The SMILES string of the molecule is CCc1cccc(NC)c1COc1cccc(C(C)C)n1. The van der Waals surface area contributed by atoms with Crippen molar-refractivity contribution >= 4 is 5.69 Å². The van der Waals surface area contributed by atoms with Gasteiger partial charge in [0, 0.05) is 30.1 Å². The number of pyridine rings is 1. The molecule has 0 saturated carbocycles. The van der Waals surface area contributed by atoms with Gasteiger partial charge in [0.05, 0.1) is 0 Å². The van der Waals surface area contributed by atoms with Crippen molar-refractivity contribution < 1.29 is 4.74 Å². The molecule has 3 nitrogen and oxygen atoms in total. The summed E-state index contributed by atoms with van der Waals surface area (Å²) in [5.41, 5.74) is 4.69. The minimum absolute atomic E-state index is 0.407. The molecule has 1 N–H and O–H groups in total. The third-order valence-electron chi connectivity index (χ3n) is 3.62. The molecule has 112 valence electrons. The zero-order valence-corrected chi connectivity index (χ0v) is 13.3. The van der Waals surface area contributed by atoms with E-state index in [1.54, 1.807) is 0 Å². The maximum absolute atomic E-state index is 5.92. The fraction of sp³-hybridized carbons (Fsp3) is 0.389. The summed E-state index contributed by atoms with van der Waals surface area (Å²) in [7, 11) is 1.94. The molecule has 0 aliphatic rings. The Morgan fingerprint density at radius 3 is 2.57 bits per heavy atom. The first-order chi connectivity index (χ1) is 10.2. The maximum Gasteiger partial charge on any atom is 0.213 e. The van der Waals surface area contributed by atoms with E-state index in [0.717, 1.165) is 17.8 Å². The third kappa shape index (κ3) is 3.75. The molecule has 2 rings (SSSR count). The van der Waals surface area contributed by atoms with Gasteiger partial charge >= 0.3 is 0 Å². The van der Waals surface area contributed by atoms with Crippen LogP contribution in [0.15, 0.2) is 36.4 Å². The van der Waals surface area contributed by atoms with Gasteiger partial charge in [-0.25, -0.2) is 4.98 Å². The number of ether oxygens (including phenoxy) is 1. The van der Waals surface area contributed by atoms with Crippen LogP contribution in [0.5, 0.6) is 5.88 Å². The fourth-order valence-electron chi connectivity index (χ4n) is 2.35. The summed E-state index contributed by atoms with van der Waals surface area (Å²) in [6.07, 6.45) is 0.994. The van der Waals surface area contributed by atoms with Crippen molar-refractivity contribution in [3.63, 3.8) is 0 Å². The zero-order valence-electron chi connectivity index (χ0n) is 13.3. The Morgan fingerprint density at radius 2 is 1.90 bits per heavy atom. The lowest BCUT2D eigenvalue weighted by Crippen LogP contribution is -2.05.